The first-order valence-electron chi connectivity index (χ1n) is 13.2. The van der Waals surface area contributed by atoms with Crippen molar-refractivity contribution in [2.24, 2.45) is 0 Å². The SMILES string of the molecule is CCCCCOc1ccc(C2c3c(oc4ccc(F)cc4c3=O)C(=O)N2CCCN2CCOCC2)cc1. The minimum Gasteiger partial charge on any atom is -0.494 e. The molecule has 1 aromatic heterocycles. The molecule has 1 unspecified atom stereocenters. The summed E-state index contributed by atoms with van der Waals surface area (Å²) in [6, 6.07) is 10.7. The number of amides is 1. The summed E-state index contributed by atoms with van der Waals surface area (Å²) in [5.41, 5.74) is 0.904. The fourth-order valence-electron chi connectivity index (χ4n) is 5.15. The van der Waals surface area contributed by atoms with Crippen LogP contribution in [0.15, 0.2) is 51.7 Å². The predicted molar refractivity (Wildman–Crippen MR) is 139 cm³/mol. The summed E-state index contributed by atoms with van der Waals surface area (Å²) < 4.78 is 31.2. The smallest absolute Gasteiger partial charge is 0.290 e. The van der Waals surface area contributed by atoms with Crippen molar-refractivity contribution in [2.45, 2.75) is 38.6 Å². The maximum atomic E-state index is 14.0. The van der Waals surface area contributed by atoms with E-state index in [0.717, 1.165) is 56.6 Å². The van der Waals surface area contributed by atoms with Crippen LogP contribution in [-0.2, 0) is 4.74 Å². The van der Waals surface area contributed by atoms with Crippen LogP contribution in [0.4, 0.5) is 4.39 Å². The first-order valence-corrected chi connectivity index (χ1v) is 13.2. The number of fused-ring (bicyclic) bond motifs is 2. The van der Waals surface area contributed by atoms with Gasteiger partial charge in [0.1, 0.15) is 17.1 Å². The van der Waals surface area contributed by atoms with Crippen LogP contribution in [0, 0.1) is 5.82 Å². The van der Waals surface area contributed by atoms with Gasteiger partial charge in [0, 0.05) is 26.2 Å². The second kappa shape index (κ2) is 11.4. The molecule has 0 N–H and O–H groups in total. The Hall–Kier alpha value is -3.23. The summed E-state index contributed by atoms with van der Waals surface area (Å²) in [5, 5.41) is 0.141. The van der Waals surface area contributed by atoms with Crippen LogP contribution < -0.4 is 10.2 Å². The van der Waals surface area contributed by atoms with Gasteiger partial charge in [0.15, 0.2) is 5.43 Å². The number of carbonyl (C=O) groups is 1. The Labute approximate surface area is 215 Å². The van der Waals surface area contributed by atoms with Gasteiger partial charge in [-0.25, -0.2) is 4.39 Å². The summed E-state index contributed by atoms with van der Waals surface area (Å²) in [6.07, 6.45) is 3.98. The van der Waals surface area contributed by atoms with E-state index in [0.29, 0.717) is 26.4 Å². The molecule has 2 aliphatic heterocycles. The van der Waals surface area contributed by atoms with Gasteiger partial charge in [0.05, 0.1) is 36.8 Å². The summed E-state index contributed by atoms with van der Waals surface area (Å²) in [4.78, 5) is 31.2. The Morgan fingerprint density at radius 3 is 2.54 bits per heavy atom. The lowest BCUT2D eigenvalue weighted by molar-refractivity contribution is 0.0353. The number of unbranched alkanes of at least 4 members (excludes halogenated alkanes) is 2. The van der Waals surface area contributed by atoms with Crippen LogP contribution in [0.2, 0.25) is 0 Å². The van der Waals surface area contributed by atoms with Crippen molar-refractivity contribution in [3.05, 3.63) is 75.4 Å². The molecule has 8 heteroatoms. The predicted octanol–water partition coefficient (Wildman–Crippen LogP) is 4.77. The van der Waals surface area contributed by atoms with Gasteiger partial charge < -0.3 is 18.8 Å². The molecule has 3 aromatic rings. The topological polar surface area (TPSA) is 72.2 Å². The minimum absolute atomic E-state index is 0.0420. The molecule has 0 bridgehead atoms. The number of nitrogens with zero attached hydrogens (tertiary/aromatic N) is 2. The molecule has 7 nitrogen and oxygen atoms in total. The van der Waals surface area contributed by atoms with Crippen LogP contribution in [0.1, 0.15) is 60.3 Å². The highest BCUT2D eigenvalue weighted by atomic mass is 19.1. The summed E-state index contributed by atoms with van der Waals surface area (Å²) in [7, 11) is 0. The van der Waals surface area contributed by atoms with Gasteiger partial charge in [0.2, 0.25) is 5.76 Å². The fraction of sp³-hybridized carbons (Fsp3) is 0.448. The zero-order valence-electron chi connectivity index (χ0n) is 21.2. The Morgan fingerprint density at radius 2 is 1.78 bits per heavy atom. The number of morpholine rings is 1. The maximum absolute atomic E-state index is 14.0. The number of rotatable bonds is 10. The van der Waals surface area contributed by atoms with Gasteiger partial charge in [-0.05, 0) is 48.7 Å². The Kier molecular flexibility index (Phi) is 7.86. The van der Waals surface area contributed by atoms with Crippen LogP contribution in [0.3, 0.4) is 0 Å². The second-order valence-electron chi connectivity index (χ2n) is 9.65. The summed E-state index contributed by atoms with van der Waals surface area (Å²) in [5.74, 6) is -0.0472. The molecule has 1 fully saturated rings. The van der Waals surface area contributed by atoms with Gasteiger partial charge in [-0.1, -0.05) is 31.9 Å². The van der Waals surface area contributed by atoms with Crippen LogP contribution in [-0.4, -0.2) is 61.7 Å². The molecule has 3 heterocycles. The maximum Gasteiger partial charge on any atom is 0.290 e. The lowest BCUT2D eigenvalue weighted by atomic mass is 9.98. The number of carbonyl (C=O) groups excluding carboxylic acids is 1. The van der Waals surface area contributed by atoms with Gasteiger partial charge in [-0.2, -0.15) is 0 Å². The number of halogens is 1. The van der Waals surface area contributed by atoms with E-state index in [2.05, 4.69) is 11.8 Å². The molecular weight excluding hydrogens is 475 g/mol. The Bertz CT molecular complexity index is 1300. The lowest BCUT2D eigenvalue weighted by Gasteiger charge is -2.29. The highest BCUT2D eigenvalue weighted by Crippen LogP contribution is 2.38. The highest BCUT2D eigenvalue weighted by molar-refractivity contribution is 5.99. The average Bonchev–Trinajstić information content (AvgIpc) is 3.20. The van der Waals surface area contributed by atoms with E-state index in [1.54, 1.807) is 4.90 Å². The third kappa shape index (κ3) is 5.40. The van der Waals surface area contributed by atoms with E-state index in [4.69, 9.17) is 13.9 Å². The number of ether oxygens (including phenoxy) is 2. The second-order valence-corrected chi connectivity index (χ2v) is 9.65. The molecular formula is C29H33FN2O5. The molecule has 5 rings (SSSR count). The standard InChI is InChI=1S/C29H33FN2O5/c1-2-3-4-16-36-22-9-6-20(7-10-22)26-25-27(33)23-19-21(30)8-11-24(23)37-28(25)29(34)32(26)13-5-12-31-14-17-35-18-15-31/h6-11,19,26H,2-5,12-18H2,1H3. The molecule has 37 heavy (non-hydrogen) atoms. The average molecular weight is 509 g/mol. The monoisotopic (exact) mass is 508 g/mol. The molecule has 196 valence electrons. The van der Waals surface area contributed by atoms with Crippen molar-refractivity contribution in [1.82, 2.24) is 9.80 Å². The number of hydrogen-bond donors (Lipinski definition) is 0. The van der Waals surface area contributed by atoms with E-state index in [1.165, 1.54) is 18.2 Å². The van der Waals surface area contributed by atoms with E-state index >= 15 is 0 Å². The van der Waals surface area contributed by atoms with Crippen molar-refractivity contribution in [3.63, 3.8) is 0 Å². The van der Waals surface area contributed by atoms with Crippen molar-refractivity contribution in [3.8, 4) is 5.75 Å². The van der Waals surface area contributed by atoms with Crippen molar-refractivity contribution >= 4 is 16.9 Å². The number of benzene rings is 2. The third-order valence-corrected chi connectivity index (χ3v) is 7.12. The molecule has 0 spiro atoms. The van der Waals surface area contributed by atoms with E-state index < -0.39 is 11.9 Å². The fourth-order valence-corrected chi connectivity index (χ4v) is 5.15. The Balaban J connectivity index is 1.45. The summed E-state index contributed by atoms with van der Waals surface area (Å²) >= 11 is 0. The highest BCUT2D eigenvalue weighted by Gasteiger charge is 2.42. The molecule has 2 aliphatic rings. The largest absolute Gasteiger partial charge is 0.494 e. The molecule has 2 aromatic carbocycles. The molecule has 1 saturated heterocycles. The summed E-state index contributed by atoms with van der Waals surface area (Å²) in [6.45, 7) is 7.25. The molecule has 0 saturated carbocycles. The van der Waals surface area contributed by atoms with Crippen LogP contribution >= 0.6 is 0 Å². The Morgan fingerprint density at radius 1 is 1.00 bits per heavy atom. The first kappa shape index (κ1) is 25.4. The van der Waals surface area contributed by atoms with Crippen molar-refractivity contribution < 1.29 is 23.1 Å². The van der Waals surface area contributed by atoms with Crippen LogP contribution in [0.5, 0.6) is 5.75 Å². The quantitative estimate of drug-likeness (QED) is 0.368. The van der Waals surface area contributed by atoms with Crippen LogP contribution in [0.25, 0.3) is 11.0 Å². The van der Waals surface area contributed by atoms with E-state index in [9.17, 15) is 14.0 Å². The molecule has 1 amide bonds. The van der Waals surface area contributed by atoms with Gasteiger partial charge in [-0.3, -0.25) is 14.5 Å². The number of hydrogen-bond acceptors (Lipinski definition) is 6. The third-order valence-electron chi connectivity index (χ3n) is 7.12. The van der Waals surface area contributed by atoms with Gasteiger partial charge >= 0.3 is 0 Å². The first-order chi connectivity index (χ1) is 18.1. The zero-order valence-corrected chi connectivity index (χ0v) is 21.2. The normalized spacial score (nSPS) is 17.9. The van der Waals surface area contributed by atoms with Crippen molar-refractivity contribution in [1.29, 1.82) is 0 Å². The molecule has 1 atom stereocenters. The molecule has 0 aliphatic carbocycles. The minimum atomic E-state index is -0.606. The zero-order chi connectivity index (χ0) is 25.8. The van der Waals surface area contributed by atoms with E-state index in [1.807, 2.05) is 24.3 Å². The van der Waals surface area contributed by atoms with Gasteiger partial charge in [-0.15, -0.1) is 0 Å². The lowest BCUT2D eigenvalue weighted by Crippen LogP contribution is -2.38. The van der Waals surface area contributed by atoms with Gasteiger partial charge in [0.25, 0.3) is 5.91 Å². The van der Waals surface area contributed by atoms with Crippen molar-refractivity contribution in [2.75, 3.05) is 46.0 Å². The van der Waals surface area contributed by atoms with E-state index in [-0.39, 0.29) is 33.6 Å². The molecule has 0 radical (unpaired) electrons.